The van der Waals surface area contributed by atoms with E-state index in [1.54, 1.807) is 6.33 Å². The summed E-state index contributed by atoms with van der Waals surface area (Å²) in [5.74, 6) is 1.81. The van der Waals surface area contributed by atoms with Crippen LogP contribution in [0, 0.1) is 3.57 Å². The smallest absolute Gasteiger partial charge is 0.139 e. The first-order chi connectivity index (χ1) is 9.74. The molecule has 106 valence electrons. The lowest BCUT2D eigenvalue weighted by Crippen LogP contribution is -2.08. The fourth-order valence-corrected chi connectivity index (χ4v) is 2.28. The molecule has 0 saturated heterocycles. The van der Waals surface area contributed by atoms with E-state index in [9.17, 15) is 0 Å². The fraction of sp³-hybridized carbons (Fsp3) is 0.333. The summed E-state index contributed by atoms with van der Waals surface area (Å²) in [6, 6.07) is 8.27. The highest BCUT2D eigenvalue weighted by molar-refractivity contribution is 14.1. The highest BCUT2D eigenvalue weighted by Gasteiger charge is 2.09. The van der Waals surface area contributed by atoms with Crippen molar-refractivity contribution < 1.29 is 0 Å². The average molecular weight is 382 g/mol. The number of aromatic nitrogens is 2. The zero-order valence-corrected chi connectivity index (χ0v) is 13.9. The monoisotopic (exact) mass is 382 g/mol. The number of anilines is 3. The molecule has 0 radical (unpaired) electrons. The van der Waals surface area contributed by atoms with Gasteiger partial charge in [-0.05, 0) is 59.7 Å². The Labute approximate surface area is 133 Å². The second-order valence-electron chi connectivity index (χ2n) is 4.46. The molecule has 0 bridgehead atoms. The molecule has 4 nitrogen and oxygen atoms in total. The van der Waals surface area contributed by atoms with E-state index in [0.29, 0.717) is 0 Å². The van der Waals surface area contributed by atoms with Gasteiger partial charge in [-0.15, -0.1) is 0 Å². The van der Waals surface area contributed by atoms with Crippen LogP contribution in [-0.4, -0.2) is 16.5 Å². The van der Waals surface area contributed by atoms with Crippen LogP contribution in [0.3, 0.4) is 0 Å². The molecule has 20 heavy (non-hydrogen) atoms. The maximum atomic E-state index is 4.37. The summed E-state index contributed by atoms with van der Waals surface area (Å²) >= 11 is 2.30. The molecule has 2 N–H and O–H groups in total. The standard InChI is InChI=1S/C15H19IN4/c1-3-9-17-14-13(4-2)15(19-10-18-14)20-12-7-5-11(16)6-8-12/h5-8,10H,3-4,9H2,1-2H3,(H2,17,18,19,20). The van der Waals surface area contributed by atoms with E-state index in [-0.39, 0.29) is 0 Å². The Kier molecular flexibility index (Phi) is 5.58. The predicted octanol–water partition coefficient (Wildman–Crippen LogP) is 4.21. The van der Waals surface area contributed by atoms with Crippen molar-refractivity contribution in [3.63, 3.8) is 0 Å². The summed E-state index contributed by atoms with van der Waals surface area (Å²) in [6.45, 7) is 5.19. The van der Waals surface area contributed by atoms with Crippen molar-refractivity contribution in [2.75, 3.05) is 17.2 Å². The topological polar surface area (TPSA) is 49.8 Å². The largest absolute Gasteiger partial charge is 0.370 e. The summed E-state index contributed by atoms with van der Waals surface area (Å²) in [5, 5.41) is 6.73. The quantitative estimate of drug-likeness (QED) is 0.735. The van der Waals surface area contributed by atoms with Gasteiger partial charge in [-0.1, -0.05) is 13.8 Å². The van der Waals surface area contributed by atoms with E-state index in [4.69, 9.17) is 0 Å². The molecular weight excluding hydrogens is 363 g/mol. The third-order valence-electron chi connectivity index (χ3n) is 2.95. The predicted molar refractivity (Wildman–Crippen MR) is 92.6 cm³/mol. The minimum Gasteiger partial charge on any atom is -0.370 e. The summed E-state index contributed by atoms with van der Waals surface area (Å²) in [4.78, 5) is 8.71. The molecule has 0 atom stereocenters. The second kappa shape index (κ2) is 7.42. The number of rotatable bonds is 6. The Morgan fingerprint density at radius 1 is 1.05 bits per heavy atom. The van der Waals surface area contributed by atoms with Gasteiger partial charge in [-0.3, -0.25) is 0 Å². The van der Waals surface area contributed by atoms with Gasteiger partial charge in [0.25, 0.3) is 0 Å². The first kappa shape index (κ1) is 15.0. The van der Waals surface area contributed by atoms with E-state index in [0.717, 1.165) is 42.3 Å². The van der Waals surface area contributed by atoms with E-state index in [1.165, 1.54) is 3.57 Å². The van der Waals surface area contributed by atoms with Crippen LogP contribution < -0.4 is 10.6 Å². The number of benzene rings is 1. The molecule has 1 heterocycles. The van der Waals surface area contributed by atoms with Crippen molar-refractivity contribution in [1.29, 1.82) is 0 Å². The summed E-state index contributed by atoms with van der Waals surface area (Å²) in [5.41, 5.74) is 2.17. The van der Waals surface area contributed by atoms with Crippen LogP contribution >= 0.6 is 22.6 Å². The molecule has 0 aliphatic heterocycles. The number of halogens is 1. The van der Waals surface area contributed by atoms with Gasteiger partial charge in [-0.25, -0.2) is 9.97 Å². The van der Waals surface area contributed by atoms with Crippen molar-refractivity contribution in [2.24, 2.45) is 0 Å². The summed E-state index contributed by atoms with van der Waals surface area (Å²) in [7, 11) is 0. The lowest BCUT2D eigenvalue weighted by Gasteiger charge is -2.14. The molecule has 2 rings (SSSR count). The van der Waals surface area contributed by atoms with Crippen molar-refractivity contribution in [3.05, 3.63) is 39.7 Å². The van der Waals surface area contributed by atoms with Crippen molar-refractivity contribution in [2.45, 2.75) is 26.7 Å². The van der Waals surface area contributed by atoms with Gasteiger partial charge >= 0.3 is 0 Å². The third kappa shape index (κ3) is 3.82. The molecule has 1 aromatic carbocycles. The summed E-state index contributed by atoms with van der Waals surface area (Å²) < 4.78 is 1.22. The van der Waals surface area contributed by atoms with E-state index < -0.39 is 0 Å². The van der Waals surface area contributed by atoms with Gasteiger partial charge in [-0.2, -0.15) is 0 Å². The number of nitrogens with one attached hydrogen (secondary N) is 2. The van der Waals surface area contributed by atoms with Crippen molar-refractivity contribution in [3.8, 4) is 0 Å². The highest BCUT2D eigenvalue weighted by Crippen LogP contribution is 2.24. The SMILES string of the molecule is CCCNc1ncnc(Nc2ccc(I)cc2)c1CC. The fourth-order valence-electron chi connectivity index (χ4n) is 1.92. The van der Waals surface area contributed by atoms with Crippen LogP contribution in [0.5, 0.6) is 0 Å². The summed E-state index contributed by atoms with van der Waals surface area (Å²) in [6.07, 6.45) is 3.57. The maximum absolute atomic E-state index is 4.37. The molecule has 2 aromatic rings. The van der Waals surface area contributed by atoms with Crippen LogP contribution in [0.4, 0.5) is 17.3 Å². The normalized spacial score (nSPS) is 10.3. The lowest BCUT2D eigenvalue weighted by molar-refractivity contribution is 0.949. The Hall–Kier alpha value is -1.37. The van der Waals surface area contributed by atoms with Gasteiger partial charge in [0.15, 0.2) is 0 Å². The first-order valence-corrected chi connectivity index (χ1v) is 7.92. The number of hydrogen-bond donors (Lipinski definition) is 2. The molecule has 0 amide bonds. The molecule has 5 heteroatoms. The lowest BCUT2D eigenvalue weighted by atomic mass is 10.2. The van der Waals surface area contributed by atoms with Crippen LogP contribution in [0.1, 0.15) is 25.8 Å². The van der Waals surface area contributed by atoms with Gasteiger partial charge < -0.3 is 10.6 Å². The minimum absolute atomic E-state index is 0.877. The minimum atomic E-state index is 0.877. The molecule has 0 spiro atoms. The molecule has 1 aromatic heterocycles. The van der Waals surface area contributed by atoms with Crippen molar-refractivity contribution >= 4 is 39.9 Å². The molecule has 0 aliphatic carbocycles. The van der Waals surface area contributed by atoms with Gasteiger partial charge in [0, 0.05) is 21.4 Å². The Bertz CT molecular complexity index is 554. The van der Waals surface area contributed by atoms with E-state index in [1.807, 2.05) is 0 Å². The Morgan fingerprint density at radius 2 is 1.75 bits per heavy atom. The average Bonchev–Trinajstić information content (AvgIpc) is 2.47. The highest BCUT2D eigenvalue weighted by atomic mass is 127. The first-order valence-electron chi connectivity index (χ1n) is 6.85. The van der Waals surface area contributed by atoms with Gasteiger partial charge in [0.1, 0.15) is 18.0 Å². The molecule has 0 saturated carbocycles. The zero-order valence-electron chi connectivity index (χ0n) is 11.8. The van der Waals surface area contributed by atoms with Crippen LogP contribution in [0.15, 0.2) is 30.6 Å². The third-order valence-corrected chi connectivity index (χ3v) is 3.67. The van der Waals surface area contributed by atoms with Crippen molar-refractivity contribution in [1.82, 2.24) is 9.97 Å². The molecule has 0 unspecified atom stereocenters. The number of nitrogens with zero attached hydrogens (tertiary/aromatic N) is 2. The van der Waals surface area contributed by atoms with Gasteiger partial charge in [0.05, 0.1) is 0 Å². The van der Waals surface area contributed by atoms with Crippen LogP contribution in [0.2, 0.25) is 0 Å². The zero-order chi connectivity index (χ0) is 14.4. The Morgan fingerprint density at radius 3 is 2.40 bits per heavy atom. The van der Waals surface area contributed by atoms with E-state index in [2.05, 4.69) is 81.3 Å². The molecular formula is C15H19IN4. The second-order valence-corrected chi connectivity index (χ2v) is 5.71. The van der Waals surface area contributed by atoms with Crippen LogP contribution in [-0.2, 0) is 6.42 Å². The van der Waals surface area contributed by atoms with Gasteiger partial charge in [0.2, 0.25) is 0 Å². The maximum Gasteiger partial charge on any atom is 0.139 e. The molecule has 0 aliphatic rings. The van der Waals surface area contributed by atoms with Crippen LogP contribution in [0.25, 0.3) is 0 Å². The number of hydrogen-bond acceptors (Lipinski definition) is 4. The van der Waals surface area contributed by atoms with E-state index >= 15 is 0 Å². The Balaban J connectivity index is 2.24. The molecule has 0 fully saturated rings.